The first kappa shape index (κ1) is 36.8. The van der Waals surface area contributed by atoms with Crippen molar-refractivity contribution < 1.29 is 0 Å². The molecular weight excluding hydrogens is 736 g/mol. The zero-order valence-corrected chi connectivity index (χ0v) is 35.3. The van der Waals surface area contributed by atoms with E-state index in [2.05, 4.69) is 188 Å². The van der Waals surface area contributed by atoms with Crippen LogP contribution in [0.15, 0.2) is 81.7 Å². The molecule has 6 rings (SSSR count). The number of hydrogen-bond donors (Lipinski definition) is 0. The fourth-order valence-electron chi connectivity index (χ4n) is 7.85. The van der Waals surface area contributed by atoms with Crippen molar-refractivity contribution >= 4 is 64.2 Å². The molecule has 0 atom stereocenters. The molecule has 0 nitrogen and oxygen atoms in total. The van der Waals surface area contributed by atoms with E-state index in [9.17, 15) is 0 Å². The maximum atomic E-state index is 4.06. The van der Waals surface area contributed by atoms with Gasteiger partial charge in [-0.15, -0.1) is 0 Å². The Balaban J connectivity index is 1.57. The zero-order valence-electron chi connectivity index (χ0n) is 32.1. The molecular formula is C48H54Br2. The number of rotatable bonds is 8. The van der Waals surface area contributed by atoms with Gasteiger partial charge in [-0.3, -0.25) is 0 Å². The quantitative estimate of drug-likeness (QED) is 0.135. The third kappa shape index (κ3) is 6.61. The number of halogens is 2. The van der Waals surface area contributed by atoms with Gasteiger partial charge in [0.25, 0.3) is 0 Å². The van der Waals surface area contributed by atoms with Crippen molar-refractivity contribution in [3.05, 3.63) is 115 Å². The van der Waals surface area contributed by atoms with E-state index >= 15 is 0 Å². The standard InChI is InChI=1S/C48H54Br2/c1-25(2)33-19-37(27(5)6)47(38(20-33)28(7)8)31-13-15-35-41-24-46(50)44-18-32(14-16-36(44)42(41)23-45(49)43(35)17-31)48-39(29(9)10)21-34(26(3)4)22-40(48)30(11)12/h13-30H,1-12H3. The summed E-state index contributed by atoms with van der Waals surface area (Å²) >= 11 is 8.13. The predicted molar refractivity (Wildman–Crippen MR) is 230 cm³/mol. The van der Waals surface area contributed by atoms with Crippen LogP contribution < -0.4 is 0 Å². The van der Waals surface area contributed by atoms with Crippen LogP contribution in [0.5, 0.6) is 0 Å². The highest BCUT2D eigenvalue weighted by Gasteiger charge is 2.22. The van der Waals surface area contributed by atoms with E-state index < -0.39 is 0 Å². The second kappa shape index (κ2) is 14.2. The molecule has 0 amide bonds. The van der Waals surface area contributed by atoms with Crippen LogP contribution >= 0.6 is 31.9 Å². The Bertz CT molecular complexity index is 2030. The van der Waals surface area contributed by atoms with Gasteiger partial charge in [0, 0.05) is 8.95 Å². The van der Waals surface area contributed by atoms with E-state index in [1.165, 1.54) is 88.0 Å². The molecule has 0 aromatic heterocycles. The van der Waals surface area contributed by atoms with Gasteiger partial charge in [0.1, 0.15) is 0 Å². The predicted octanol–water partition coefficient (Wildman–Crippen LogP) is 16.7. The van der Waals surface area contributed by atoms with Gasteiger partial charge >= 0.3 is 0 Å². The highest BCUT2D eigenvalue weighted by molar-refractivity contribution is 9.11. The lowest BCUT2D eigenvalue weighted by molar-refractivity contribution is 0.807. The van der Waals surface area contributed by atoms with Crippen LogP contribution in [0.1, 0.15) is 152 Å². The fraction of sp³-hybridized carbons (Fsp3) is 0.375. The summed E-state index contributed by atoms with van der Waals surface area (Å²) in [6, 6.07) is 28.8. The molecule has 0 N–H and O–H groups in total. The zero-order chi connectivity index (χ0) is 36.3. The Morgan fingerprint density at radius 1 is 0.320 bits per heavy atom. The van der Waals surface area contributed by atoms with E-state index in [1.807, 2.05) is 0 Å². The largest absolute Gasteiger partial charge is 0.0587 e. The first-order valence-corrected chi connectivity index (χ1v) is 20.3. The molecule has 0 bridgehead atoms. The number of hydrogen-bond acceptors (Lipinski definition) is 0. The highest BCUT2D eigenvalue weighted by Crippen LogP contribution is 2.45. The van der Waals surface area contributed by atoms with Crippen LogP contribution in [0.2, 0.25) is 0 Å². The summed E-state index contributed by atoms with van der Waals surface area (Å²) in [5.41, 5.74) is 14.1. The average molecular weight is 791 g/mol. The maximum Gasteiger partial charge on any atom is 0.0260 e. The third-order valence-corrected chi connectivity index (χ3v) is 12.1. The Labute approximate surface area is 318 Å². The van der Waals surface area contributed by atoms with Crippen LogP contribution in [0.4, 0.5) is 0 Å². The summed E-state index contributed by atoms with van der Waals surface area (Å²) in [5, 5.41) is 7.60. The fourth-order valence-corrected chi connectivity index (χ4v) is 8.97. The molecule has 0 aliphatic heterocycles. The highest BCUT2D eigenvalue weighted by atomic mass is 79.9. The summed E-state index contributed by atoms with van der Waals surface area (Å²) in [6.07, 6.45) is 0. The van der Waals surface area contributed by atoms with Crippen molar-refractivity contribution in [1.29, 1.82) is 0 Å². The van der Waals surface area contributed by atoms with E-state index in [0.717, 1.165) is 8.95 Å². The van der Waals surface area contributed by atoms with Gasteiger partial charge in [0.15, 0.2) is 0 Å². The normalized spacial score (nSPS) is 12.5. The molecule has 0 saturated heterocycles. The van der Waals surface area contributed by atoms with Crippen molar-refractivity contribution in [3.63, 3.8) is 0 Å². The number of benzene rings is 6. The van der Waals surface area contributed by atoms with Crippen LogP contribution in [-0.4, -0.2) is 0 Å². The molecule has 6 aromatic carbocycles. The van der Waals surface area contributed by atoms with Crippen LogP contribution in [0.3, 0.4) is 0 Å². The molecule has 2 heteroatoms. The molecule has 0 heterocycles. The minimum absolute atomic E-state index is 0.436. The van der Waals surface area contributed by atoms with Gasteiger partial charge in [-0.05, 0) is 148 Å². The van der Waals surface area contributed by atoms with Gasteiger partial charge in [0.2, 0.25) is 0 Å². The molecule has 50 heavy (non-hydrogen) atoms. The molecule has 260 valence electrons. The summed E-state index contributed by atoms with van der Waals surface area (Å²) < 4.78 is 2.28. The van der Waals surface area contributed by atoms with Gasteiger partial charge in [-0.25, -0.2) is 0 Å². The van der Waals surface area contributed by atoms with Gasteiger partial charge in [0.05, 0.1) is 0 Å². The maximum absolute atomic E-state index is 4.06. The Morgan fingerprint density at radius 2 is 0.620 bits per heavy atom. The SMILES string of the molecule is CC(C)c1cc(C(C)C)c(-c2ccc3c(c2)c(Br)cc2c4ccc(-c5c(C(C)C)cc(C(C)C)cc5C(C)C)cc4c(Br)cc32)c(C(C)C)c1. The molecule has 0 aliphatic rings. The third-order valence-electron chi connectivity index (χ3n) is 10.8. The topological polar surface area (TPSA) is 0 Å². The van der Waals surface area contributed by atoms with Crippen molar-refractivity contribution in [1.82, 2.24) is 0 Å². The average Bonchev–Trinajstić information content (AvgIpc) is 3.07. The number of fused-ring (bicyclic) bond motifs is 5. The van der Waals surface area contributed by atoms with Gasteiger partial charge in [-0.1, -0.05) is 163 Å². The first-order chi connectivity index (χ1) is 23.6. The Morgan fingerprint density at radius 3 is 0.880 bits per heavy atom. The minimum atomic E-state index is 0.436. The summed E-state index contributed by atoms with van der Waals surface area (Å²) in [6.45, 7) is 27.9. The van der Waals surface area contributed by atoms with Gasteiger partial charge in [-0.2, -0.15) is 0 Å². The van der Waals surface area contributed by atoms with Crippen LogP contribution in [0, 0.1) is 0 Å². The summed E-state index contributed by atoms with van der Waals surface area (Å²) in [5.74, 6) is 2.74. The van der Waals surface area contributed by atoms with E-state index in [0.29, 0.717) is 35.5 Å². The summed E-state index contributed by atoms with van der Waals surface area (Å²) in [7, 11) is 0. The molecule has 0 saturated carbocycles. The lowest BCUT2D eigenvalue weighted by atomic mass is 9.81. The van der Waals surface area contributed by atoms with Gasteiger partial charge < -0.3 is 0 Å². The first-order valence-electron chi connectivity index (χ1n) is 18.7. The molecule has 6 aromatic rings. The van der Waals surface area contributed by atoms with E-state index in [1.54, 1.807) is 0 Å². The van der Waals surface area contributed by atoms with Crippen molar-refractivity contribution in [3.8, 4) is 22.3 Å². The van der Waals surface area contributed by atoms with E-state index in [4.69, 9.17) is 0 Å². The van der Waals surface area contributed by atoms with Crippen LogP contribution in [-0.2, 0) is 0 Å². The van der Waals surface area contributed by atoms with Crippen LogP contribution in [0.25, 0.3) is 54.6 Å². The Kier molecular flexibility index (Phi) is 10.5. The Hall–Kier alpha value is -2.94. The molecule has 0 radical (unpaired) electrons. The minimum Gasteiger partial charge on any atom is -0.0587 e. The molecule has 0 aliphatic carbocycles. The monoisotopic (exact) mass is 788 g/mol. The molecule has 0 fully saturated rings. The lowest BCUT2D eigenvalue weighted by Gasteiger charge is -2.24. The smallest absolute Gasteiger partial charge is 0.0260 e. The van der Waals surface area contributed by atoms with Crippen molar-refractivity contribution in [2.45, 2.75) is 119 Å². The van der Waals surface area contributed by atoms with Crippen molar-refractivity contribution in [2.24, 2.45) is 0 Å². The molecule has 0 unspecified atom stereocenters. The van der Waals surface area contributed by atoms with E-state index in [-0.39, 0.29) is 0 Å². The molecule has 0 spiro atoms. The second-order valence-corrected chi connectivity index (χ2v) is 18.1. The lowest BCUT2D eigenvalue weighted by Crippen LogP contribution is -2.03. The van der Waals surface area contributed by atoms with Crippen molar-refractivity contribution in [2.75, 3.05) is 0 Å². The summed E-state index contributed by atoms with van der Waals surface area (Å²) in [4.78, 5) is 0. The second-order valence-electron chi connectivity index (χ2n) is 16.4.